The van der Waals surface area contributed by atoms with E-state index < -0.39 is 0 Å². The minimum Gasteiger partial charge on any atom is -0.457 e. The number of aryl methyl sites for hydroxylation is 3. The van der Waals surface area contributed by atoms with Crippen molar-refractivity contribution in [3.05, 3.63) is 217 Å². The third-order valence-electron chi connectivity index (χ3n) is 7.59. The molecule has 5 heteroatoms. The zero-order valence-corrected chi connectivity index (χ0v) is 32.9. The van der Waals surface area contributed by atoms with Crippen LogP contribution in [0.4, 0.5) is 11.4 Å². The van der Waals surface area contributed by atoms with Gasteiger partial charge < -0.3 is 19.9 Å². The second-order valence-corrected chi connectivity index (χ2v) is 11.7. The van der Waals surface area contributed by atoms with E-state index in [1.807, 2.05) is 155 Å². The molecule has 4 nitrogen and oxygen atoms in total. The Morgan fingerprint density at radius 3 is 1.32 bits per heavy atom. The summed E-state index contributed by atoms with van der Waals surface area (Å²) in [5.74, 6) is 1.73. The Balaban J connectivity index is 0.000000247. The molecule has 0 radical (unpaired) electrons. The molecular formula is C45H45HfN3O. The van der Waals surface area contributed by atoms with Crippen LogP contribution in [0.5, 0.6) is 11.5 Å². The third-order valence-corrected chi connectivity index (χ3v) is 7.59. The maximum Gasteiger partial charge on any atom is 4.00 e. The molecule has 0 aliphatic carbocycles. The molecule has 0 bridgehead atoms. The summed E-state index contributed by atoms with van der Waals surface area (Å²) in [5.41, 5.74) is 8.71. The molecule has 0 unspecified atom stereocenters. The molecule has 250 valence electrons. The van der Waals surface area contributed by atoms with Gasteiger partial charge in [-0.25, -0.2) is 0 Å². The summed E-state index contributed by atoms with van der Waals surface area (Å²) in [6, 6.07) is 51.5. The first kappa shape index (κ1) is 39.3. The van der Waals surface area contributed by atoms with Crippen LogP contribution in [0.15, 0.2) is 158 Å². The van der Waals surface area contributed by atoms with E-state index in [1.54, 1.807) is 0 Å². The van der Waals surface area contributed by atoms with E-state index in [4.69, 9.17) is 4.74 Å². The predicted molar refractivity (Wildman–Crippen MR) is 209 cm³/mol. The molecule has 0 saturated carbocycles. The van der Waals surface area contributed by atoms with Crippen molar-refractivity contribution in [2.75, 3.05) is 22.9 Å². The first-order chi connectivity index (χ1) is 23.7. The molecule has 6 aromatic rings. The molecule has 0 atom stereocenters. The maximum atomic E-state index is 11.1. The second kappa shape index (κ2) is 20.4. The number of benzene rings is 6. The Hall–Kier alpha value is -5.13. The van der Waals surface area contributed by atoms with Crippen molar-refractivity contribution in [2.24, 2.45) is 0 Å². The van der Waals surface area contributed by atoms with E-state index in [-0.39, 0.29) is 31.8 Å². The fourth-order valence-corrected chi connectivity index (χ4v) is 5.40. The standard InChI is InChI=1S/C24H24N3O.3C7H7.Hf/c1-17-15-18(2)23(19(3)16-17)27-14-13-26(24(27)25)21-11-7-8-12-22(21)28-20-9-5-4-6-10-20;3*1-7-5-3-2-4-6-7;/h4-12,15-16H,13-14H2,1-3H3;3*2-6H,1H2;/q4*-1;+4. The Morgan fingerprint density at radius 1 is 0.520 bits per heavy atom. The number of rotatable bonds is 4. The summed E-state index contributed by atoms with van der Waals surface area (Å²) in [6.45, 7) is 18.9. The molecule has 0 spiro atoms. The van der Waals surface area contributed by atoms with Gasteiger partial charge in [-0.05, 0) is 74.9 Å². The van der Waals surface area contributed by atoms with Crippen molar-refractivity contribution >= 4 is 17.3 Å². The molecule has 1 saturated heterocycles. The van der Waals surface area contributed by atoms with Gasteiger partial charge in [-0.1, -0.05) is 66.2 Å². The third kappa shape index (κ3) is 12.1. The minimum atomic E-state index is 0. The van der Waals surface area contributed by atoms with E-state index in [9.17, 15) is 5.41 Å². The van der Waals surface area contributed by atoms with E-state index in [0.29, 0.717) is 6.54 Å². The number of guanidine groups is 1. The number of hydrogen-bond acceptors (Lipinski definition) is 1. The SMILES string of the molecule is Cc1cc(C)c(N2CCN(c3ccccc3Oc3ccccc3)C2=[N-])c(C)c1.[CH2-]c1ccccc1.[CH2-]c1ccccc1.[CH2-]c1ccccc1.[Hf+4]. The van der Waals surface area contributed by atoms with Gasteiger partial charge in [0.1, 0.15) is 11.5 Å². The summed E-state index contributed by atoms with van der Waals surface area (Å²) >= 11 is 0. The van der Waals surface area contributed by atoms with Crippen LogP contribution in [-0.4, -0.2) is 19.0 Å². The van der Waals surface area contributed by atoms with Gasteiger partial charge >= 0.3 is 25.8 Å². The topological polar surface area (TPSA) is 38.0 Å². The average molecular weight is 822 g/mol. The largest absolute Gasteiger partial charge is 4.00 e. The maximum absolute atomic E-state index is 11.1. The van der Waals surface area contributed by atoms with Gasteiger partial charge in [0.2, 0.25) is 0 Å². The number of nitrogens with zero attached hydrogens (tertiary/aromatic N) is 3. The zero-order valence-electron chi connectivity index (χ0n) is 29.3. The van der Waals surface area contributed by atoms with Crippen LogP contribution < -0.4 is 14.5 Å². The van der Waals surface area contributed by atoms with Gasteiger partial charge in [0.25, 0.3) is 0 Å². The Morgan fingerprint density at radius 2 is 0.900 bits per heavy atom. The monoisotopic (exact) mass is 823 g/mol. The summed E-state index contributed by atoms with van der Waals surface area (Å²) in [6.07, 6.45) is 0. The van der Waals surface area contributed by atoms with Crippen molar-refractivity contribution in [1.29, 1.82) is 0 Å². The Bertz CT molecular complexity index is 1750. The Kier molecular flexibility index (Phi) is 16.0. The van der Waals surface area contributed by atoms with Crippen molar-refractivity contribution in [3.63, 3.8) is 0 Å². The molecular weight excluding hydrogens is 777 g/mol. The van der Waals surface area contributed by atoms with Crippen molar-refractivity contribution in [1.82, 2.24) is 0 Å². The molecule has 0 amide bonds. The predicted octanol–water partition coefficient (Wildman–Crippen LogP) is 11.3. The van der Waals surface area contributed by atoms with Gasteiger partial charge in [0, 0.05) is 11.6 Å². The van der Waals surface area contributed by atoms with Gasteiger partial charge in [-0.15, -0.1) is 36.4 Å². The van der Waals surface area contributed by atoms with Crippen LogP contribution in [0.3, 0.4) is 0 Å². The van der Waals surface area contributed by atoms with Gasteiger partial charge in [-0.3, -0.25) is 0 Å². The summed E-state index contributed by atoms with van der Waals surface area (Å²) in [5, 5.41) is 11.1. The minimum absolute atomic E-state index is 0. The zero-order chi connectivity index (χ0) is 35.0. The summed E-state index contributed by atoms with van der Waals surface area (Å²) in [4.78, 5) is 3.90. The van der Waals surface area contributed by atoms with Gasteiger partial charge in [0.05, 0.1) is 0 Å². The Labute approximate surface area is 318 Å². The van der Waals surface area contributed by atoms with Crippen LogP contribution in [0, 0.1) is 41.5 Å². The first-order valence-corrected chi connectivity index (χ1v) is 16.3. The molecule has 1 fully saturated rings. The summed E-state index contributed by atoms with van der Waals surface area (Å²) in [7, 11) is 0. The van der Waals surface area contributed by atoms with Crippen LogP contribution >= 0.6 is 0 Å². The van der Waals surface area contributed by atoms with E-state index in [2.05, 4.69) is 53.7 Å². The quantitative estimate of drug-likeness (QED) is 0.131. The van der Waals surface area contributed by atoms with Gasteiger partial charge in [-0.2, -0.15) is 73.9 Å². The van der Waals surface area contributed by atoms with E-state index in [0.717, 1.165) is 46.1 Å². The molecule has 1 heterocycles. The van der Waals surface area contributed by atoms with Crippen LogP contribution in [0.25, 0.3) is 5.41 Å². The molecule has 1 aliphatic heterocycles. The van der Waals surface area contributed by atoms with Crippen molar-refractivity contribution in [2.45, 2.75) is 20.8 Å². The van der Waals surface area contributed by atoms with Crippen molar-refractivity contribution < 1.29 is 30.6 Å². The molecule has 1 aliphatic rings. The smallest absolute Gasteiger partial charge is 0.457 e. The van der Waals surface area contributed by atoms with Crippen LogP contribution in [-0.2, 0) is 25.8 Å². The van der Waals surface area contributed by atoms with E-state index in [1.165, 1.54) is 16.7 Å². The average Bonchev–Trinajstić information content (AvgIpc) is 3.47. The molecule has 0 aromatic heterocycles. The normalized spacial score (nSPS) is 11.4. The number of hydrogen-bond donors (Lipinski definition) is 0. The number of anilines is 2. The number of para-hydroxylation sites is 3. The number of ether oxygens (including phenoxy) is 1. The molecule has 6 aromatic carbocycles. The molecule has 50 heavy (non-hydrogen) atoms. The fraction of sp³-hybridized carbons (Fsp3) is 0.111. The van der Waals surface area contributed by atoms with E-state index >= 15 is 0 Å². The van der Waals surface area contributed by atoms with Crippen LogP contribution in [0.1, 0.15) is 33.4 Å². The fourth-order valence-electron chi connectivity index (χ4n) is 5.40. The molecule has 0 N–H and O–H groups in total. The summed E-state index contributed by atoms with van der Waals surface area (Å²) < 4.78 is 6.09. The van der Waals surface area contributed by atoms with Crippen LogP contribution in [0.2, 0.25) is 0 Å². The van der Waals surface area contributed by atoms with Gasteiger partial charge in [0.15, 0.2) is 0 Å². The van der Waals surface area contributed by atoms with Crippen molar-refractivity contribution in [3.8, 4) is 11.5 Å². The molecule has 7 rings (SSSR count). The first-order valence-electron chi connectivity index (χ1n) is 16.3. The second-order valence-electron chi connectivity index (χ2n) is 11.7.